The highest BCUT2D eigenvalue weighted by Crippen LogP contribution is 2.21. The van der Waals surface area contributed by atoms with Crippen molar-refractivity contribution in [1.82, 2.24) is 9.97 Å². The second kappa shape index (κ2) is 4.78. The van der Waals surface area contributed by atoms with Crippen molar-refractivity contribution in [2.24, 2.45) is 0 Å². The third kappa shape index (κ3) is 2.32. The van der Waals surface area contributed by atoms with Crippen LogP contribution in [0.4, 0.5) is 5.82 Å². The Bertz CT molecular complexity index is 367. The third-order valence-electron chi connectivity index (χ3n) is 3.06. The smallest absolute Gasteiger partial charge is 0.150 e. The van der Waals surface area contributed by atoms with Gasteiger partial charge in [0.05, 0.1) is 17.5 Å². The number of hydrogen-bond donors (Lipinski definition) is 0. The molecule has 0 radical (unpaired) electrons. The Labute approximate surface area is 96.7 Å². The van der Waals surface area contributed by atoms with Gasteiger partial charge in [0.15, 0.2) is 0 Å². The minimum Gasteiger partial charge on any atom is -0.380 e. The van der Waals surface area contributed by atoms with Gasteiger partial charge in [-0.05, 0) is 26.7 Å². The Kier molecular flexibility index (Phi) is 3.39. The highest BCUT2D eigenvalue weighted by molar-refractivity contribution is 5.43. The number of hydrogen-bond acceptors (Lipinski definition) is 4. The van der Waals surface area contributed by atoms with E-state index in [1.165, 1.54) is 0 Å². The average Bonchev–Trinajstić information content (AvgIpc) is 2.32. The number of ether oxygens (including phenoxy) is 1. The van der Waals surface area contributed by atoms with Crippen molar-refractivity contribution in [3.8, 4) is 0 Å². The Morgan fingerprint density at radius 3 is 3.00 bits per heavy atom. The molecule has 0 aliphatic carbocycles. The van der Waals surface area contributed by atoms with E-state index in [9.17, 15) is 0 Å². The number of aromatic nitrogens is 2. The summed E-state index contributed by atoms with van der Waals surface area (Å²) in [5, 5.41) is 0. The predicted molar refractivity (Wildman–Crippen MR) is 63.8 cm³/mol. The van der Waals surface area contributed by atoms with Gasteiger partial charge in [0.2, 0.25) is 0 Å². The number of anilines is 1. The molecular weight excluding hydrogens is 202 g/mol. The zero-order valence-corrected chi connectivity index (χ0v) is 10.2. The number of aryl methyl sites for hydroxylation is 2. The standard InChI is InChI=1S/C12H19N3O/c1-9-7-13-10(2)12(14-9)15-6-4-5-11(8-15)16-3/h7,11H,4-6,8H2,1-3H3. The van der Waals surface area contributed by atoms with Crippen LogP contribution in [0.2, 0.25) is 0 Å². The van der Waals surface area contributed by atoms with Crippen LogP contribution >= 0.6 is 0 Å². The lowest BCUT2D eigenvalue weighted by Crippen LogP contribution is -2.40. The molecule has 0 spiro atoms. The minimum absolute atomic E-state index is 0.329. The van der Waals surface area contributed by atoms with E-state index in [0.29, 0.717) is 6.10 Å². The lowest BCUT2D eigenvalue weighted by molar-refractivity contribution is 0.0891. The van der Waals surface area contributed by atoms with E-state index < -0.39 is 0 Å². The van der Waals surface area contributed by atoms with E-state index in [2.05, 4.69) is 14.9 Å². The summed E-state index contributed by atoms with van der Waals surface area (Å²) in [6.45, 7) is 5.97. The molecule has 1 aromatic heterocycles. The number of methoxy groups -OCH3 is 1. The maximum atomic E-state index is 5.42. The summed E-state index contributed by atoms with van der Waals surface area (Å²) in [6.07, 6.45) is 4.45. The maximum absolute atomic E-state index is 5.42. The maximum Gasteiger partial charge on any atom is 0.150 e. The first kappa shape index (κ1) is 11.3. The number of nitrogens with zero attached hydrogens (tertiary/aromatic N) is 3. The Hall–Kier alpha value is -1.16. The summed E-state index contributed by atoms with van der Waals surface area (Å²) >= 11 is 0. The summed E-state index contributed by atoms with van der Waals surface area (Å²) in [5.74, 6) is 1.02. The van der Waals surface area contributed by atoms with E-state index in [-0.39, 0.29) is 0 Å². The van der Waals surface area contributed by atoms with Gasteiger partial charge < -0.3 is 9.64 Å². The molecule has 88 valence electrons. The summed E-state index contributed by atoms with van der Waals surface area (Å²) in [7, 11) is 1.78. The predicted octanol–water partition coefficient (Wildman–Crippen LogP) is 1.71. The van der Waals surface area contributed by atoms with Crippen LogP contribution in [0.1, 0.15) is 24.2 Å². The lowest BCUT2D eigenvalue weighted by atomic mass is 10.1. The molecule has 1 unspecified atom stereocenters. The molecule has 4 heteroatoms. The van der Waals surface area contributed by atoms with Gasteiger partial charge >= 0.3 is 0 Å². The van der Waals surface area contributed by atoms with E-state index in [4.69, 9.17) is 4.74 Å². The molecule has 0 aromatic carbocycles. The molecule has 0 amide bonds. The van der Waals surface area contributed by atoms with Gasteiger partial charge in [0, 0.05) is 26.4 Å². The van der Waals surface area contributed by atoms with E-state index in [0.717, 1.165) is 43.1 Å². The number of rotatable bonds is 2. The summed E-state index contributed by atoms with van der Waals surface area (Å²) in [5.41, 5.74) is 1.97. The monoisotopic (exact) mass is 221 g/mol. The van der Waals surface area contributed by atoms with Gasteiger partial charge in [-0.2, -0.15) is 0 Å². The molecule has 2 heterocycles. The van der Waals surface area contributed by atoms with E-state index >= 15 is 0 Å². The highest BCUT2D eigenvalue weighted by Gasteiger charge is 2.21. The van der Waals surface area contributed by atoms with E-state index in [1.807, 2.05) is 20.0 Å². The zero-order chi connectivity index (χ0) is 11.5. The first-order chi connectivity index (χ1) is 7.70. The zero-order valence-electron chi connectivity index (χ0n) is 10.2. The molecular formula is C12H19N3O. The van der Waals surface area contributed by atoms with Crippen molar-refractivity contribution in [2.75, 3.05) is 25.1 Å². The van der Waals surface area contributed by atoms with Crippen LogP contribution in [0.25, 0.3) is 0 Å². The fourth-order valence-electron chi connectivity index (χ4n) is 2.15. The molecule has 0 bridgehead atoms. The van der Waals surface area contributed by atoms with Gasteiger partial charge in [-0.25, -0.2) is 4.98 Å². The van der Waals surface area contributed by atoms with Crippen LogP contribution in [0.5, 0.6) is 0 Å². The molecule has 0 N–H and O–H groups in total. The van der Waals surface area contributed by atoms with Crippen molar-refractivity contribution >= 4 is 5.82 Å². The number of piperidine rings is 1. The topological polar surface area (TPSA) is 38.2 Å². The van der Waals surface area contributed by atoms with Crippen molar-refractivity contribution < 1.29 is 4.74 Å². The molecule has 1 aromatic rings. The second-order valence-corrected chi connectivity index (χ2v) is 4.37. The molecule has 0 saturated carbocycles. The molecule has 4 nitrogen and oxygen atoms in total. The minimum atomic E-state index is 0.329. The Balaban J connectivity index is 2.19. The molecule has 1 aliphatic rings. The van der Waals surface area contributed by atoms with Gasteiger partial charge in [0.1, 0.15) is 5.82 Å². The molecule has 1 fully saturated rings. The Morgan fingerprint density at radius 1 is 1.44 bits per heavy atom. The van der Waals surface area contributed by atoms with Crippen molar-refractivity contribution in [3.63, 3.8) is 0 Å². The fraction of sp³-hybridized carbons (Fsp3) is 0.667. The van der Waals surface area contributed by atoms with Crippen molar-refractivity contribution in [1.29, 1.82) is 0 Å². The van der Waals surface area contributed by atoms with Crippen LogP contribution in [-0.2, 0) is 4.74 Å². The normalized spacial score (nSPS) is 21.2. The highest BCUT2D eigenvalue weighted by atomic mass is 16.5. The van der Waals surface area contributed by atoms with Crippen LogP contribution in [-0.4, -0.2) is 36.3 Å². The quantitative estimate of drug-likeness (QED) is 0.762. The van der Waals surface area contributed by atoms with Crippen LogP contribution in [0, 0.1) is 13.8 Å². The summed E-state index contributed by atoms with van der Waals surface area (Å²) in [6, 6.07) is 0. The third-order valence-corrected chi connectivity index (χ3v) is 3.06. The van der Waals surface area contributed by atoms with Crippen LogP contribution in [0.3, 0.4) is 0 Å². The first-order valence-electron chi connectivity index (χ1n) is 5.78. The lowest BCUT2D eigenvalue weighted by Gasteiger charge is -2.33. The summed E-state index contributed by atoms with van der Waals surface area (Å²) in [4.78, 5) is 11.2. The Morgan fingerprint density at radius 2 is 2.25 bits per heavy atom. The molecule has 16 heavy (non-hydrogen) atoms. The SMILES string of the molecule is COC1CCCN(c2nc(C)cnc2C)C1. The molecule has 1 aliphatic heterocycles. The van der Waals surface area contributed by atoms with Gasteiger partial charge in [-0.1, -0.05) is 0 Å². The second-order valence-electron chi connectivity index (χ2n) is 4.37. The molecule has 2 rings (SSSR count). The van der Waals surface area contributed by atoms with Gasteiger partial charge in [0.25, 0.3) is 0 Å². The van der Waals surface area contributed by atoms with Crippen LogP contribution in [0.15, 0.2) is 6.20 Å². The largest absolute Gasteiger partial charge is 0.380 e. The van der Waals surface area contributed by atoms with Gasteiger partial charge in [-0.15, -0.1) is 0 Å². The average molecular weight is 221 g/mol. The van der Waals surface area contributed by atoms with Crippen LogP contribution < -0.4 is 4.90 Å². The van der Waals surface area contributed by atoms with E-state index in [1.54, 1.807) is 7.11 Å². The fourth-order valence-corrected chi connectivity index (χ4v) is 2.15. The molecule has 1 atom stereocenters. The molecule has 1 saturated heterocycles. The van der Waals surface area contributed by atoms with Crippen molar-refractivity contribution in [3.05, 3.63) is 17.6 Å². The van der Waals surface area contributed by atoms with Crippen molar-refractivity contribution in [2.45, 2.75) is 32.8 Å². The summed E-state index contributed by atoms with van der Waals surface area (Å²) < 4.78 is 5.42. The first-order valence-corrected chi connectivity index (χ1v) is 5.78. The van der Waals surface area contributed by atoms with Gasteiger partial charge in [-0.3, -0.25) is 4.98 Å².